The Morgan fingerprint density at radius 2 is 1.66 bits per heavy atom. The zero-order valence-electron chi connectivity index (χ0n) is 20.0. The number of aromatic nitrogens is 3. The zero-order valence-corrected chi connectivity index (χ0v) is 20.8. The van der Waals surface area contributed by atoms with Gasteiger partial charge in [0.15, 0.2) is 11.0 Å². The highest BCUT2D eigenvalue weighted by Crippen LogP contribution is 2.37. The second-order valence-electron chi connectivity index (χ2n) is 10.5. The molecule has 1 aliphatic carbocycles. The lowest BCUT2D eigenvalue weighted by Crippen LogP contribution is -2.48. The van der Waals surface area contributed by atoms with Crippen LogP contribution in [0.4, 0.5) is 4.79 Å². The number of nitrogens with one attached hydrogen (secondary N) is 2. The Hall–Kier alpha value is -2.35. The molecular weight excluding hydrogens is 422 g/mol. The minimum atomic E-state index is -0.486. The summed E-state index contributed by atoms with van der Waals surface area (Å²) >= 11 is 1.32. The summed E-state index contributed by atoms with van der Waals surface area (Å²) in [6.45, 7) is 12.2. The zero-order chi connectivity index (χ0) is 23.5. The molecule has 0 saturated heterocycles. The number of carbonyl (C=O) groups is 2. The monoisotopic (exact) mass is 457 g/mol. The van der Waals surface area contributed by atoms with Crippen LogP contribution in [0.15, 0.2) is 29.4 Å². The lowest BCUT2D eigenvalue weighted by molar-refractivity contribution is -0.117. The van der Waals surface area contributed by atoms with Gasteiger partial charge >= 0.3 is 6.03 Å². The average Bonchev–Trinajstić information content (AvgIpc) is 3.33. The van der Waals surface area contributed by atoms with Crippen LogP contribution in [0.5, 0.6) is 0 Å². The van der Waals surface area contributed by atoms with E-state index in [9.17, 15) is 9.59 Å². The molecule has 0 atom stereocenters. The van der Waals surface area contributed by atoms with Gasteiger partial charge in [0.25, 0.3) is 0 Å². The predicted octanol–water partition coefficient (Wildman–Crippen LogP) is 5.07. The van der Waals surface area contributed by atoms with E-state index in [0.717, 1.165) is 29.4 Å². The van der Waals surface area contributed by atoms with Crippen molar-refractivity contribution in [3.05, 3.63) is 29.8 Å². The van der Waals surface area contributed by atoms with Crippen molar-refractivity contribution in [1.82, 2.24) is 25.4 Å². The van der Waals surface area contributed by atoms with Crippen molar-refractivity contribution in [3.8, 4) is 11.4 Å². The molecule has 0 spiro atoms. The molecule has 1 fully saturated rings. The average molecular weight is 458 g/mol. The van der Waals surface area contributed by atoms with Crippen LogP contribution in [0.25, 0.3) is 11.4 Å². The van der Waals surface area contributed by atoms with Crippen LogP contribution in [-0.4, -0.2) is 38.0 Å². The number of rotatable bonds is 5. The van der Waals surface area contributed by atoms with E-state index in [2.05, 4.69) is 70.4 Å². The molecule has 3 rings (SSSR count). The molecular formula is C24H35N5O2S. The first-order valence-corrected chi connectivity index (χ1v) is 12.2. The Morgan fingerprint density at radius 1 is 1.03 bits per heavy atom. The molecule has 1 aromatic carbocycles. The number of amides is 3. The fourth-order valence-electron chi connectivity index (χ4n) is 3.85. The van der Waals surface area contributed by atoms with E-state index in [4.69, 9.17) is 0 Å². The van der Waals surface area contributed by atoms with Gasteiger partial charge in [0.1, 0.15) is 0 Å². The van der Waals surface area contributed by atoms with Crippen LogP contribution < -0.4 is 10.6 Å². The summed E-state index contributed by atoms with van der Waals surface area (Å²) in [7, 11) is 0. The lowest BCUT2D eigenvalue weighted by Gasteiger charge is -2.20. The number of hydrogen-bond donors (Lipinski definition) is 2. The molecule has 174 valence electrons. The van der Waals surface area contributed by atoms with Gasteiger partial charge in [-0.2, -0.15) is 0 Å². The number of benzene rings is 1. The molecule has 1 aliphatic rings. The second kappa shape index (κ2) is 9.65. The van der Waals surface area contributed by atoms with Crippen molar-refractivity contribution in [1.29, 1.82) is 0 Å². The first-order chi connectivity index (χ1) is 14.9. The largest absolute Gasteiger partial charge is 0.333 e. The third-order valence-electron chi connectivity index (χ3n) is 5.44. The molecule has 32 heavy (non-hydrogen) atoms. The van der Waals surface area contributed by atoms with Crippen molar-refractivity contribution >= 4 is 23.7 Å². The number of hydrogen-bond acceptors (Lipinski definition) is 5. The summed E-state index contributed by atoms with van der Waals surface area (Å²) in [6.07, 6.45) is 4.53. The van der Waals surface area contributed by atoms with E-state index < -0.39 is 11.6 Å². The van der Waals surface area contributed by atoms with Gasteiger partial charge in [-0.15, -0.1) is 10.2 Å². The molecule has 1 aromatic heterocycles. The standard InChI is InChI=1S/C24H35N5O2S/c1-23(2,3)17-13-11-16(12-14-17)20-27-28-22(29(20)18-9-7-8-10-18)32-15-19(30)25-21(31)26-24(4,5)6/h11-14,18H,7-10,15H2,1-6H3,(H2,25,26,30,31). The SMILES string of the molecule is CC(C)(C)NC(=O)NC(=O)CSc1nnc(-c2ccc(C(C)(C)C)cc2)n1C1CCCC1. The molecule has 0 radical (unpaired) electrons. The highest BCUT2D eigenvalue weighted by molar-refractivity contribution is 7.99. The summed E-state index contributed by atoms with van der Waals surface area (Å²) in [5.74, 6) is 0.588. The molecule has 3 amide bonds. The molecule has 0 unspecified atom stereocenters. The van der Waals surface area contributed by atoms with Crippen LogP contribution >= 0.6 is 11.8 Å². The fourth-order valence-corrected chi connectivity index (χ4v) is 4.65. The normalized spacial score (nSPS) is 15.1. The summed E-state index contributed by atoms with van der Waals surface area (Å²) in [5, 5.41) is 14.7. The van der Waals surface area contributed by atoms with Gasteiger partial charge in [-0.05, 0) is 44.6 Å². The lowest BCUT2D eigenvalue weighted by atomic mass is 9.86. The Labute approximate surface area is 195 Å². The van der Waals surface area contributed by atoms with Gasteiger partial charge in [0.2, 0.25) is 5.91 Å². The van der Waals surface area contributed by atoms with Crippen LogP contribution in [0, 0.1) is 0 Å². The highest BCUT2D eigenvalue weighted by atomic mass is 32.2. The number of thioether (sulfide) groups is 1. The Kier molecular flexibility index (Phi) is 7.32. The summed E-state index contributed by atoms with van der Waals surface area (Å²) in [4.78, 5) is 24.3. The van der Waals surface area contributed by atoms with Crippen LogP contribution in [0.2, 0.25) is 0 Å². The Bertz CT molecular complexity index is 948. The van der Waals surface area contributed by atoms with Gasteiger partial charge in [-0.3, -0.25) is 14.7 Å². The third-order valence-corrected chi connectivity index (χ3v) is 6.38. The van der Waals surface area contributed by atoms with Crippen molar-refractivity contribution in [2.75, 3.05) is 5.75 Å². The van der Waals surface area contributed by atoms with E-state index in [-0.39, 0.29) is 17.1 Å². The van der Waals surface area contributed by atoms with E-state index in [1.807, 2.05) is 20.8 Å². The number of urea groups is 1. The van der Waals surface area contributed by atoms with Crippen LogP contribution in [-0.2, 0) is 10.2 Å². The predicted molar refractivity (Wildman–Crippen MR) is 129 cm³/mol. The maximum absolute atomic E-state index is 12.3. The third kappa shape index (κ3) is 6.34. The van der Waals surface area contributed by atoms with E-state index >= 15 is 0 Å². The quantitative estimate of drug-likeness (QED) is 0.612. The number of nitrogens with zero attached hydrogens (tertiary/aromatic N) is 3. The second-order valence-corrected chi connectivity index (χ2v) is 11.4. The topological polar surface area (TPSA) is 88.9 Å². The summed E-state index contributed by atoms with van der Waals surface area (Å²) in [6, 6.07) is 8.35. The Balaban J connectivity index is 1.76. The van der Waals surface area contributed by atoms with Crippen molar-refractivity contribution in [2.45, 2.75) is 89.4 Å². The van der Waals surface area contributed by atoms with Crippen LogP contribution in [0.1, 0.15) is 78.8 Å². The van der Waals surface area contributed by atoms with E-state index in [0.29, 0.717) is 6.04 Å². The van der Waals surface area contributed by atoms with E-state index in [1.54, 1.807) is 0 Å². The van der Waals surface area contributed by atoms with Gasteiger partial charge in [-0.1, -0.05) is 69.6 Å². The Morgan fingerprint density at radius 3 is 2.22 bits per heavy atom. The molecule has 2 aromatic rings. The van der Waals surface area contributed by atoms with Gasteiger partial charge in [-0.25, -0.2) is 4.79 Å². The van der Waals surface area contributed by atoms with Gasteiger partial charge in [0, 0.05) is 17.1 Å². The molecule has 8 heteroatoms. The maximum atomic E-state index is 12.3. The molecule has 0 aliphatic heterocycles. The summed E-state index contributed by atoms with van der Waals surface area (Å²) < 4.78 is 2.19. The molecule has 7 nitrogen and oxygen atoms in total. The highest BCUT2D eigenvalue weighted by Gasteiger charge is 2.26. The van der Waals surface area contributed by atoms with E-state index in [1.165, 1.54) is 30.2 Å². The van der Waals surface area contributed by atoms with Crippen molar-refractivity contribution in [2.24, 2.45) is 0 Å². The minimum absolute atomic E-state index is 0.0886. The maximum Gasteiger partial charge on any atom is 0.321 e. The smallest absolute Gasteiger partial charge is 0.321 e. The van der Waals surface area contributed by atoms with Gasteiger partial charge < -0.3 is 5.32 Å². The first kappa shape index (κ1) is 24.3. The molecule has 2 N–H and O–H groups in total. The first-order valence-electron chi connectivity index (χ1n) is 11.2. The minimum Gasteiger partial charge on any atom is -0.333 e. The summed E-state index contributed by atoms with van der Waals surface area (Å²) in [5.41, 5.74) is 1.98. The molecule has 1 saturated carbocycles. The number of imide groups is 1. The van der Waals surface area contributed by atoms with Gasteiger partial charge in [0.05, 0.1) is 5.75 Å². The molecule has 1 heterocycles. The fraction of sp³-hybridized carbons (Fsp3) is 0.583. The number of carbonyl (C=O) groups excluding carboxylic acids is 2. The van der Waals surface area contributed by atoms with Crippen molar-refractivity contribution in [3.63, 3.8) is 0 Å². The molecule has 0 bridgehead atoms. The van der Waals surface area contributed by atoms with Crippen LogP contribution in [0.3, 0.4) is 0 Å². The van der Waals surface area contributed by atoms with Crippen molar-refractivity contribution < 1.29 is 9.59 Å².